The minimum Gasteiger partial charge on any atom is -0.350 e. The van der Waals surface area contributed by atoms with Crippen molar-refractivity contribution in [2.24, 2.45) is 0 Å². The number of halogens is 1. The third-order valence-corrected chi connectivity index (χ3v) is 3.36. The van der Waals surface area contributed by atoms with Gasteiger partial charge in [-0.05, 0) is 36.3 Å². The molecule has 2 N–H and O–H groups in total. The smallest absolute Gasteiger partial charge is 0.244 e. The van der Waals surface area contributed by atoms with Crippen LogP contribution in [0.4, 0.5) is 4.39 Å². The monoisotopic (exact) mass is 326 g/mol. The topological polar surface area (TPSA) is 58.2 Å². The number of hydrogen-bond donors (Lipinski definition) is 2. The molecule has 2 aromatic carbocycles. The Balaban J connectivity index is 1.79. The third kappa shape index (κ3) is 5.68. The van der Waals surface area contributed by atoms with Crippen LogP contribution in [0.1, 0.15) is 18.1 Å². The Hall–Kier alpha value is -2.95. The third-order valence-electron chi connectivity index (χ3n) is 3.36. The highest BCUT2D eigenvalue weighted by molar-refractivity contribution is 5.95. The Kier molecular flexibility index (Phi) is 6.25. The molecule has 0 spiro atoms. The van der Waals surface area contributed by atoms with Gasteiger partial charge in [-0.2, -0.15) is 0 Å². The van der Waals surface area contributed by atoms with Crippen molar-refractivity contribution in [2.75, 3.05) is 0 Å². The van der Waals surface area contributed by atoms with Crippen molar-refractivity contribution >= 4 is 17.9 Å². The summed E-state index contributed by atoms with van der Waals surface area (Å²) in [7, 11) is 0. The second kappa shape index (κ2) is 8.62. The van der Waals surface area contributed by atoms with Gasteiger partial charge in [-0.1, -0.05) is 42.5 Å². The summed E-state index contributed by atoms with van der Waals surface area (Å²) in [5.74, 6) is -0.972. The molecule has 0 saturated carbocycles. The van der Waals surface area contributed by atoms with Gasteiger partial charge in [-0.15, -0.1) is 0 Å². The number of rotatable bonds is 6. The Bertz CT molecular complexity index is 712. The first kappa shape index (κ1) is 17.4. The molecule has 2 aromatic rings. The second-order valence-electron chi connectivity index (χ2n) is 5.32. The molecule has 1 atom stereocenters. The molecule has 5 heteroatoms. The zero-order chi connectivity index (χ0) is 17.4. The van der Waals surface area contributed by atoms with E-state index in [4.69, 9.17) is 0 Å². The van der Waals surface area contributed by atoms with E-state index in [1.54, 1.807) is 25.1 Å². The van der Waals surface area contributed by atoms with Gasteiger partial charge in [0.2, 0.25) is 11.8 Å². The molecule has 0 aliphatic heterocycles. The molecule has 0 bridgehead atoms. The summed E-state index contributed by atoms with van der Waals surface area (Å²) >= 11 is 0. The van der Waals surface area contributed by atoms with Crippen LogP contribution < -0.4 is 10.6 Å². The van der Waals surface area contributed by atoms with E-state index >= 15 is 0 Å². The van der Waals surface area contributed by atoms with E-state index in [1.807, 2.05) is 30.3 Å². The van der Waals surface area contributed by atoms with Gasteiger partial charge >= 0.3 is 0 Å². The Morgan fingerprint density at radius 3 is 2.42 bits per heavy atom. The van der Waals surface area contributed by atoms with Crippen molar-refractivity contribution in [3.63, 3.8) is 0 Å². The fraction of sp³-hybridized carbons (Fsp3) is 0.158. The zero-order valence-electron chi connectivity index (χ0n) is 13.3. The van der Waals surface area contributed by atoms with E-state index in [1.165, 1.54) is 18.2 Å². The molecule has 4 nitrogen and oxygen atoms in total. The van der Waals surface area contributed by atoms with Crippen LogP contribution in [0.5, 0.6) is 0 Å². The van der Waals surface area contributed by atoms with E-state index in [9.17, 15) is 14.0 Å². The Morgan fingerprint density at radius 2 is 1.75 bits per heavy atom. The molecule has 0 heterocycles. The molecular weight excluding hydrogens is 307 g/mol. The highest BCUT2D eigenvalue weighted by Crippen LogP contribution is 2.02. The first-order valence-electron chi connectivity index (χ1n) is 7.60. The average molecular weight is 326 g/mol. The van der Waals surface area contributed by atoms with Gasteiger partial charge in [0.15, 0.2) is 0 Å². The SMILES string of the molecule is C[C@H](NC(=O)/C=C/c1ccccc1)C(=O)NCc1ccc(F)cc1. The molecule has 0 aromatic heterocycles. The standard InChI is InChI=1S/C19H19FN2O2/c1-14(19(24)21-13-16-7-10-17(20)11-8-16)22-18(23)12-9-15-5-3-2-4-6-15/h2-12,14H,13H2,1H3,(H,21,24)(H,22,23)/b12-9+/t14-/m0/s1. The molecule has 0 fully saturated rings. The van der Waals surface area contributed by atoms with Gasteiger partial charge in [0.25, 0.3) is 0 Å². The second-order valence-corrected chi connectivity index (χ2v) is 5.32. The predicted octanol–water partition coefficient (Wildman–Crippen LogP) is 2.66. The van der Waals surface area contributed by atoms with Crippen molar-refractivity contribution in [1.82, 2.24) is 10.6 Å². The largest absolute Gasteiger partial charge is 0.350 e. The van der Waals surface area contributed by atoms with Crippen LogP contribution in [0, 0.1) is 5.82 Å². The van der Waals surface area contributed by atoms with E-state index in [-0.39, 0.29) is 24.2 Å². The fourth-order valence-electron chi connectivity index (χ4n) is 2.01. The van der Waals surface area contributed by atoms with E-state index < -0.39 is 6.04 Å². The molecule has 0 saturated heterocycles. The number of benzene rings is 2. The summed E-state index contributed by atoms with van der Waals surface area (Å²) in [5, 5.41) is 5.29. The minimum atomic E-state index is -0.668. The van der Waals surface area contributed by atoms with E-state index in [2.05, 4.69) is 10.6 Å². The molecule has 24 heavy (non-hydrogen) atoms. The van der Waals surface area contributed by atoms with E-state index in [0.29, 0.717) is 0 Å². The van der Waals surface area contributed by atoms with Crippen molar-refractivity contribution in [2.45, 2.75) is 19.5 Å². The first-order chi connectivity index (χ1) is 11.5. The Morgan fingerprint density at radius 1 is 1.08 bits per heavy atom. The van der Waals surface area contributed by atoms with Gasteiger partial charge in [0.1, 0.15) is 11.9 Å². The summed E-state index contributed by atoms with van der Waals surface area (Å²) in [6.07, 6.45) is 3.07. The van der Waals surface area contributed by atoms with Crippen molar-refractivity contribution in [3.05, 3.63) is 77.6 Å². The van der Waals surface area contributed by atoms with Crippen LogP contribution in [0.15, 0.2) is 60.7 Å². The number of carbonyl (C=O) groups excluding carboxylic acids is 2. The lowest BCUT2D eigenvalue weighted by Gasteiger charge is -2.13. The van der Waals surface area contributed by atoms with Crippen LogP contribution in [-0.2, 0) is 16.1 Å². The molecule has 0 radical (unpaired) electrons. The maximum absolute atomic E-state index is 12.8. The molecule has 0 aliphatic carbocycles. The molecule has 0 unspecified atom stereocenters. The van der Waals surface area contributed by atoms with Gasteiger partial charge in [-0.25, -0.2) is 4.39 Å². The maximum Gasteiger partial charge on any atom is 0.244 e. The molecule has 2 amide bonds. The van der Waals surface area contributed by atoms with Crippen LogP contribution >= 0.6 is 0 Å². The lowest BCUT2D eigenvalue weighted by molar-refractivity contribution is -0.126. The molecule has 0 aliphatic rings. The molecule has 124 valence electrons. The summed E-state index contributed by atoms with van der Waals surface area (Å²) < 4.78 is 12.8. The van der Waals surface area contributed by atoms with Gasteiger partial charge in [0.05, 0.1) is 0 Å². The van der Waals surface area contributed by atoms with Crippen LogP contribution in [0.25, 0.3) is 6.08 Å². The van der Waals surface area contributed by atoms with Crippen molar-refractivity contribution in [1.29, 1.82) is 0 Å². The summed E-state index contributed by atoms with van der Waals surface area (Å²) in [6, 6.07) is 14.6. The summed E-state index contributed by atoms with van der Waals surface area (Å²) in [6.45, 7) is 1.88. The Labute approximate surface area is 140 Å². The molecular formula is C19H19FN2O2. The summed E-state index contributed by atoms with van der Waals surface area (Å²) in [4.78, 5) is 23.8. The highest BCUT2D eigenvalue weighted by atomic mass is 19.1. The number of hydrogen-bond acceptors (Lipinski definition) is 2. The normalized spacial score (nSPS) is 11.9. The fourth-order valence-corrected chi connectivity index (χ4v) is 2.01. The predicted molar refractivity (Wildman–Crippen MR) is 91.3 cm³/mol. The van der Waals surface area contributed by atoms with Gasteiger partial charge in [-0.3, -0.25) is 9.59 Å². The summed E-state index contributed by atoms with van der Waals surface area (Å²) in [5.41, 5.74) is 1.69. The van der Waals surface area contributed by atoms with Crippen LogP contribution in [-0.4, -0.2) is 17.9 Å². The number of nitrogens with one attached hydrogen (secondary N) is 2. The first-order valence-corrected chi connectivity index (χ1v) is 7.60. The van der Waals surface area contributed by atoms with Crippen molar-refractivity contribution in [3.8, 4) is 0 Å². The van der Waals surface area contributed by atoms with Crippen molar-refractivity contribution < 1.29 is 14.0 Å². The lowest BCUT2D eigenvalue weighted by Crippen LogP contribution is -2.44. The lowest BCUT2D eigenvalue weighted by atomic mass is 10.2. The van der Waals surface area contributed by atoms with Gasteiger partial charge in [0, 0.05) is 12.6 Å². The van der Waals surface area contributed by atoms with Gasteiger partial charge < -0.3 is 10.6 Å². The quantitative estimate of drug-likeness (QED) is 0.802. The highest BCUT2D eigenvalue weighted by Gasteiger charge is 2.13. The average Bonchev–Trinajstić information content (AvgIpc) is 2.60. The maximum atomic E-state index is 12.8. The number of amides is 2. The van der Waals surface area contributed by atoms with Crippen LogP contribution in [0.2, 0.25) is 0 Å². The minimum absolute atomic E-state index is 0.277. The van der Waals surface area contributed by atoms with Crippen LogP contribution in [0.3, 0.4) is 0 Å². The molecule has 2 rings (SSSR count). The number of carbonyl (C=O) groups is 2. The van der Waals surface area contributed by atoms with E-state index in [0.717, 1.165) is 11.1 Å². The zero-order valence-corrected chi connectivity index (χ0v) is 13.3.